The summed E-state index contributed by atoms with van der Waals surface area (Å²) in [6.45, 7) is 0.946. The van der Waals surface area contributed by atoms with Crippen molar-refractivity contribution in [1.29, 1.82) is 0 Å². The second kappa shape index (κ2) is 14.0. The van der Waals surface area contributed by atoms with E-state index in [9.17, 15) is 9.36 Å². The largest absolute Gasteiger partial charge is 0.440 e. The van der Waals surface area contributed by atoms with Gasteiger partial charge in [0.05, 0.1) is 11.6 Å². The molecule has 2 atom stereocenters. The average Bonchev–Trinajstić information content (AvgIpc) is 2.49. The summed E-state index contributed by atoms with van der Waals surface area (Å²) in [5.74, 6) is 1.09. The van der Waals surface area contributed by atoms with Gasteiger partial charge in [0.1, 0.15) is 11.3 Å². The lowest BCUT2D eigenvalue weighted by atomic mass is 10.3. The monoisotopic (exact) mass is 540 g/mol. The SMILES string of the molecule is CCCSP(=O)(OCC)Oc1ccc(Br)cc1Cl.O=C(P)CCBr. The molecular weight excluding hydrogens is 521 g/mol. The molecule has 0 radical (unpaired) electrons. The number of hydrogen-bond acceptors (Lipinski definition) is 5. The molecule has 0 aliphatic carbocycles. The van der Waals surface area contributed by atoms with Crippen molar-refractivity contribution in [3.63, 3.8) is 0 Å². The van der Waals surface area contributed by atoms with E-state index in [4.69, 9.17) is 20.6 Å². The molecule has 0 saturated carbocycles. The quantitative estimate of drug-likeness (QED) is 0.250. The van der Waals surface area contributed by atoms with Crippen molar-refractivity contribution < 1.29 is 18.4 Å². The summed E-state index contributed by atoms with van der Waals surface area (Å²) >= 11 is 13.6. The highest BCUT2D eigenvalue weighted by Crippen LogP contribution is 2.60. The van der Waals surface area contributed by atoms with E-state index in [1.54, 1.807) is 25.1 Å². The Morgan fingerprint density at radius 1 is 1.42 bits per heavy atom. The van der Waals surface area contributed by atoms with E-state index in [2.05, 4.69) is 41.1 Å². The number of alkyl halides is 1. The Balaban J connectivity index is 0.000000754. The zero-order valence-electron chi connectivity index (χ0n) is 13.5. The van der Waals surface area contributed by atoms with Crippen LogP contribution < -0.4 is 4.52 Å². The summed E-state index contributed by atoms with van der Waals surface area (Å²) in [4.78, 5) is 9.98. The Labute approximate surface area is 171 Å². The third-order valence-electron chi connectivity index (χ3n) is 2.19. The van der Waals surface area contributed by atoms with Gasteiger partial charge in [0.15, 0.2) is 0 Å². The summed E-state index contributed by atoms with van der Waals surface area (Å²) in [5.41, 5.74) is 0.159. The van der Waals surface area contributed by atoms with Gasteiger partial charge in [0, 0.05) is 22.0 Å². The molecule has 0 aliphatic rings. The van der Waals surface area contributed by atoms with Crippen LogP contribution in [-0.4, -0.2) is 23.2 Å². The molecule has 0 fully saturated rings. The van der Waals surface area contributed by atoms with Crippen molar-refractivity contribution >= 4 is 76.4 Å². The van der Waals surface area contributed by atoms with Crippen molar-refractivity contribution in [3.8, 4) is 5.75 Å². The fourth-order valence-electron chi connectivity index (χ4n) is 1.21. The fourth-order valence-corrected chi connectivity index (χ4v) is 6.40. The van der Waals surface area contributed by atoms with Crippen LogP contribution in [0, 0.1) is 0 Å². The molecule has 1 aromatic rings. The molecular formula is C14H21Br2ClO4P2S. The molecule has 24 heavy (non-hydrogen) atoms. The van der Waals surface area contributed by atoms with Gasteiger partial charge >= 0.3 is 6.80 Å². The minimum Gasteiger partial charge on any atom is -0.415 e. The fraction of sp³-hybridized carbons (Fsp3) is 0.500. The first-order chi connectivity index (χ1) is 11.3. The lowest BCUT2D eigenvalue weighted by Gasteiger charge is -2.18. The molecule has 0 bridgehead atoms. The van der Waals surface area contributed by atoms with E-state index in [1.807, 2.05) is 6.92 Å². The molecule has 0 spiro atoms. The van der Waals surface area contributed by atoms with Crippen LogP contribution in [0.25, 0.3) is 0 Å². The van der Waals surface area contributed by atoms with Gasteiger partial charge in [0.2, 0.25) is 0 Å². The van der Waals surface area contributed by atoms with Crippen LogP contribution in [0.5, 0.6) is 5.75 Å². The maximum Gasteiger partial charge on any atom is 0.440 e. The van der Waals surface area contributed by atoms with Gasteiger partial charge in [-0.3, -0.25) is 9.32 Å². The van der Waals surface area contributed by atoms with Gasteiger partial charge in [0.25, 0.3) is 0 Å². The molecule has 2 unspecified atom stereocenters. The van der Waals surface area contributed by atoms with E-state index in [0.717, 1.165) is 16.2 Å². The zero-order chi connectivity index (χ0) is 18.6. The first-order valence-corrected chi connectivity index (χ1v) is 13.2. The van der Waals surface area contributed by atoms with Crippen LogP contribution in [0.1, 0.15) is 26.7 Å². The van der Waals surface area contributed by atoms with Crippen molar-refractivity contribution in [2.75, 3.05) is 17.7 Å². The van der Waals surface area contributed by atoms with Crippen molar-refractivity contribution in [1.82, 2.24) is 0 Å². The van der Waals surface area contributed by atoms with Crippen LogP contribution in [0.15, 0.2) is 22.7 Å². The van der Waals surface area contributed by atoms with Crippen LogP contribution in [0.3, 0.4) is 0 Å². The summed E-state index contributed by atoms with van der Waals surface area (Å²) in [6, 6.07) is 5.14. The van der Waals surface area contributed by atoms with Gasteiger partial charge in [-0.05, 0) is 42.9 Å². The van der Waals surface area contributed by atoms with Crippen molar-refractivity contribution in [2.45, 2.75) is 26.7 Å². The molecule has 1 aromatic carbocycles. The maximum atomic E-state index is 12.4. The second-order valence-corrected chi connectivity index (χ2v) is 11.1. The lowest BCUT2D eigenvalue weighted by molar-refractivity contribution is -0.110. The molecule has 0 amide bonds. The van der Waals surface area contributed by atoms with Crippen LogP contribution in [-0.2, 0) is 13.9 Å². The van der Waals surface area contributed by atoms with E-state index in [1.165, 1.54) is 11.4 Å². The number of carbonyl (C=O) groups excluding carboxylic acids is 1. The predicted molar refractivity (Wildman–Crippen MR) is 115 cm³/mol. The first-order valence-electron chi connectivity index (χ1n) is 7.16. The number of benzene rings is 1. The van der Waals surface area contributed by atoms with E-state index in [0.29, 0.717) is 29.6 Å². The van der Waals surface area contributed by atoms with Crippen LogP contribution >= 0.6 is 70.9 Å². The molecule has 0 heterocycles. The highest BCUT2D eigenvalue weighted by Gasteiger charge is 2.27. The molecule has 0 aliphatic heterocycles. The Kier molecular flexibility index (Phi) is 14.6. The summed E-state index contributed by atoms with van der Waals surface area (Å²) in [7, 11) is 2.11. The van der Waals surface area contributed by atoms with E-state index < -0.39 is 6.80 Å². The lowest BCUT2D eigenvalue weighted by Crippen LogP contribution is -1.96. The molecule has 10 heteroatoms. The predicted octanol–water partition coefficient (Wildman–Crippen LogP) is 6.94. The minimum atomic E-state index is -3.18. The third-order valence-corrected chi connectivity index (χ3v) is 7.60. The number of hydrogen-bond donors (Lipinski definition) is 0. The first kappa shape index (κ1) is 24.9. The summed E-state index contributed by atoms with van der Waals surface area (Å²) < 4.78 is 24.0. The van der Waals surface area contributed by atoms with E-state index >= 15 is 0 Å². The van der Waals surface area contributed by atoms with Gasteiger partial charge in [-0.1, -0.05) is 59.6 Å². The molecule has 0 saturated heterocycles. The second-order valence-electron chi connectivity index (χ2n) is 4.27. The van der Waals surface area contributed by atoms with Crippen LogP contribution in [0.2, 0.25) is 5.02 Å². The number of rotatable bonds is 9. The van der Waals surface area contributed by atoms with Gasteiger partial charge in [-0.25, -0.2) is 4.57 Å². The molecule has 1 rings (SSSR count). The normalized spacial score (nSPS) is 12.8. The van der Waals surface area contributed by atoms with Crippen LogP contribution in [0.4, 0.5) is 0 Å². The topological polar surface area (TPSA) is 52.6 Å². The van der Waals surface area contributed by atoms with Gasteiger partial charge < -0.3 is 4.52 Å². The van der Waals surface area contributed by atoms with Gasteiger partial charge in [-0.15, -0.1) is 0 Å². The Hall–Kier alpha value is 0.910. The highest BCUT2D eigenvalue weighted by atomic mass is 79.9. The average molecular weight is 543 g/mol. The Bertz CT molecular complexity index is 564. The number of carbonyl (C=O) groups is 1. The Morgan fingerprint density at radius 2 is 2.08 bits per heavy atom. The summed E-state index contributed by atoms with van der Waals surface area (Å²) in [5, 5.41) is 1.18. The third kappa shape index (κ3) is 11.5. The molecule has 0 aromatic heterocycles. The van der Waals surface area contributed by atoms with E-state index in [-0.39, 0.29) is 5.52 Å². The highest BCUT2D eigenvalue weighted by molar-refractivity contribution is 9.10. The maximum absolute atomic E-state index is 12.4. The molecule has 138 valence electrons. The molecule has 0 N–H and O–H groups in total. The van der Waals surface area contributed by atoms with Crippen molar-refractivity contribution in [3.05, 3.63) is 27.7 Å². The standard InChI is InChI=1S/C11H15BrClO3PS.C3H6BrOP/c1-3-7-18-17(14,15-4-2)16-11-6-5-9(12)8-10(11)13;4-2-1-3(5)6/h5-6,8H,3-4,7H2,1-2H3;1-2,6H2. The summed E-state index contributed by atoms with van der Waals surface area (Å²) in [6.07, 6.45) is 1.52. The van der Waals surface area contributed by atoms with Crippen molar-refractivity contribution in [2.24, 2.45) is 0 Å². The smallest absolute Gasteiger partial charge is 0.415 e. The van der Waals surface area contributed by atoms with Gasteiger partial charge in [-0.2, -0.15) is 0 Å². The molecule has 4 nitrogen and oxygen atoms in total. The Morgan fingerprint density at radius 3 is 2.50 bits per heavy atom. The zero-order valence-corrected chi connectivity index (χ0v) is 20.3. The minimum absolute atomic E-state index is 0.159. The number of halogens is 3.